The van der Waals surface area contributed by atoms with Gasteiger partial charge in [0.15, 0.2) is 5.96 Å². The average Bonchev–Trinajstić information content (AvgIpc) is 2.64. The first-order valence-corrected chi connectivity index (χ1v) is 8.57. The minimum atomic E-state index is -4.72. The third-order valence-electron chi connectivity index (χ3n) is 4.22. The molecule has 1 aliphatic heterocycles. The number of anilines is 1. The number of nitrogens with one attached hydrogen (secondary N) is 2. The fourth-order valence-corrected chi connectivity index (χ4v) is 2.94. The van der Waals surface area contributed by atoms with E-state index in [1.54, 1.807) is 0 Å². The van der Waals surface area contributed by atoms with Gasteiger partial charge in [-0.05, 0) is 29.3 Å². The van der Waals surface area contributed by atoms with Gasteiger partial charge >= 0.3 is 6.36 Å². The molecule has 6 nitrogen and oxygen atoms in total. The molecule has 3 rings (SSSR count). The second-order valence-corrected chi connectivity index (χ2v) is 6.31. The molecule has 0 aliphatic carbocycles. The van der Waals surface area contributed by atoms with Crippen molar-refractivity contribution in [2.75, 3.05) is 11.9 Å². The lowest BCUT2D eigenvalue weighted by molar-refractivity contribution is -0.274. The van der Waals surface area contributed by atoms with E-state index in [2.05, 4.69) is 20.4 Å². The van der Waals surface area contributed by atoms with Crippen LogP contribution in [0.5, 0.6) is 5.75 Å². The second kappa shape index (κ2) is 9.81. The fourth-order valence-electron chi connectivity index (χ4n) is 2.94. The maximum absolute atomic E-state index is 12.2. The first-order chi connectivity index (χ1) is 13.3. The highest BCUT2D eigenvalue weighted by Crippen LogP contribution is 2.31. The van der Waals surface area contributed by atoms with Crippen LogP contribution in [0, 0.1) is 0 Å². The van der Waals surface area contributed by atoms with Crippen LogP contribution in [0.1, 0.15) is 23.5 Å². The third kappa shape index (κ3) is 6.80. The van der Waals surface area contributed by atoms with Crippen molar-refractivity contribution >= 4 is 41.5 Å². The van der Waals surface area contributed by atoms with Gasteiger partial charge in [-0.2, -0.15) is 0 Å². The molecule has 1 aliphatic rings. The van der Waals surface area contributed by atoms with Crippen molar-refractivity contribution in [1.29, 1.82) is 0 Å². The molecule has 4 N–H and O–H groups in total. The van der Waals surface area contributed by atoms with E-state index in [9.17, 15) is 18.0 Å². The van der Waals surface area contributed by atoms with Gasteiger partial charge in [-0.1, -0.05) is 30.3 Å². The summed E-state index contributed by atoms with van der Waals surface area (Å²) in [5.74, 6) is -0.181. The molecule has 0 spiro atoms. The van der Waals surface area contributed by atoms with E-state index >= 15 is 0 Å². The zero-order valence-corrected chi connectivity index (χ0v) is 17.5. The Bertz CT molecular complexity index is 873. The number of aliphatic imine (C=N–C) groups is 1. The van der Waals surface area contributed by atoms with Crippen LogP contribution in [-0.2, 0) is 11.3 Å². The van der Waals surface area contributed by atoms with Crippen LogP contribution in [0.15, 0.2) is 53.5 Å². The van der Waals surface area contributed by atoms with Gasteiger partial charge in [0, 0.05) is 24.6 Å². The number of carbonyl (C=O) groups is 1. The smallest absolute Gasteiger partial charge is 0.406 e. The van der Waals surface area contributed by atoms with E-state index in [1.165, 1.54) is 24.3 Å². The maximum atomic E-state index is 12.2. The molecular weight excluding hydrogens is 500 g/mol. The molecule has 1 amide bonds. The Hall–Kier alpha value is -2.50. The van der Waals surface area contributed by atoms with Gasteiger partial charge in [0.25, 0.3) is 0 Å². The molecule has 0 saturated heterocycles. The Morgan fingerprint density at radius 1 is 1.21 bits per heavy atom. The van der Waals surface area contributed by atoms with Gasteiger partial charge in [-0.3, -0.25) is 4.79 Å². The van der Waals surface area contributed by atoms with Crippen LogP contribution in [-0.4, -0.2) is 24.8 Å². The number of nitrogens with two attached hydrogens (primary N) is 1. The Kier molecular flexibility index (Phi) is 7.71. The summed E-state index contributed by atoms with van der Waals surface area (Å²) in [7, 11) is 0. The van der Waals surface area contributed by atoms with Gasteiger partial charge in [0.05, 0.1) is 6.54 Å². The first-order valence-electron chi connectivity index (χ1n) is 8.57. The molecule has 0 aromatic heterocycles. The van der Waals surface area contributed by atoms with E-state index in [-0.39, 0.29) is 54.1 Å². The highest BCUT2D eigenvalue weighted by Gasteiger charge is 2.31. The van der Waals surface area contributed by atoms with Crippen molar-refractivity contribution in [3.8, 4) is 5.75 Å². The van der Waals surface area contributed by atoms with Crippen LogP contribution < -0.4 is 21.1 Å². The largest absolute Gasteiger partial charge is 0.573 e. The van der Waals surface area contributed by atoms with Crippen molar-refractivity contribution < 1.29 is 22.7 Å². The van der Waals surface area contributed by atoms with E-state index in [1.807, 2.05) is 24.3 Å². The number of alkyl halides is 3. The number of carbonyl (C=O) groups excluding carboxylic acids is 1. The number of fused-ring (bicyclic) bond motifs is 1. The second-order valence-electron chi connectivity index (χ2n) is 6.31. The van der Waals surface area contributed by atoms with E-state index < -0.39 is 6.36 Å². The number of hydrogen-bond acceptors (Lipinski definition) is 3. The molecule has 2 aromatic rings. The highest BCUT2D eigenvalue weighted by molar-refractivity contribution is 14.0. The number of rotatable bonds is 5. The number of guanidine groups is 1. The van der Waals surface area contributed by atoms with E-state index in [0.29, 0.717) is 18.5 Å². The van der Waals surface area contributed by atoms with Crippen LogP contribution in [0.2, 0.25) is 0 Å². The van der Waals surface area contributed by atoms with Gasteiger partial charge < -0.3 is 21.1 Å². The molecular formula is C19H20F3IN4O2. The predicted molar refractivity (Wildman–Crippen MR) is 114 cm³/mol. The number of amides is 1. The normalized spacial score (nSPS) is 16.3. The van der Waals surface area contributed by atoms with Crippen molar-refractivity contribution in [2.24, 2.45) is 10.7 Å². The van der Waals surface area contributed by atoms with Crippen LogP contribution in [0.4, 0.5) is 18.9 Å². The van der Waals surface area contributed by atoms with Gasteiger partial charge in [-0.15, -0.1) is 37.1 Å². The van der Waals surface area contributed by atoms with Crippen molar-refractivity contribution in [3.05, 3.63) is 59.7 Å². The number of para-hydroxylation sites is 1. The number of nitrogens with zero attached hydrogens (tertiary/aromatic N) is 1. The summed E-state index contributed by atoms with van der Waals surface area (Å²) in [6.07, 6.45) is -4.37. The summed E-state index contributed by atoms with van der Waals surface area (Å²) in [5, 5.41) is 5.83. The van der Waals surface area contributed by atoms with Crippen molar-refractivity contribution in [2.45, 2.75) is 25.2 Å². The summed E-state index contributed by atoms with van der Waals surface area (Å²) < 4.78 is 40.3. The fraction of sp³-hybridized carbons (Fsp3) is 0.263. The third-order valence-corrected chi connectivity index (χ3v) is 4.22. The lowest BCUT2D eigenvalue weighted by Crippen LogP contribution is -2.37. The first kappa shape index (κ1) is 22.8. The van der Waals surface area contributed by atoms with E-state index in [0.717, 1.165) is 11.3 Å². The topological polar surface area (TPSA) is 88.7 Å². The monoisotopic (exact) mass is 520 g/mol. The average molecular weight is 520 g/mol. The SMILES string of the molecule is I.NC(=NCc1ccc(OC(F)(F)F)cc1)NCC1CC(=O)Nc2ccccc21. The molecule has 0 fully saturated rings. The maximum Gasteiger partial charge on any atom is 0.573 e. The highest BCUT2D eigenvalue weighted by atomic mass is 127. The summed E-state index contributed by atoms with van der Waals surface area (Å²) in [4.78, 5) is 16.0. The minimum Gasteiger partial charge on any atom is -0.406 e. The van der Waals surface area contributed by atoms with Crippen molar-refractivity contribution in [3.63, 3.8) is 0 Å². The molecule has 29 heavy (non-hydrogen) atoms. The Balaban J connectivity index is 0.00000300. The van der Waals surface area contributed by atoms with Gasteiger partial charge in [0.2, 0.25) is 5.91 Å². The molecule has 2 aromatic carbocycles. The molecule has 1 unspecified atom stereocenters. The lowest BCUT2D eigenvalue weighted by Gasteiger charge is -2.25. The molecule has 10 heteroatoms. The Labute approximate surface area is 182 Å². The zero-order valence-electron chi connectivity index (χ0n) is 15.2. The number of hydrogen-bond donors (Lipinski definition) is 3. The van der Waals surface area contributed by atoms with Crippen molar-refractivity contribution in [1.82, 2.24) is 5.32 Å². The lowest BCUT2D eigenvalue weighted by atomic mass is 9.90. The summed E-state index contributed by atoms with van der Waals surface area (Å²) in [6.45, 7) is 0.644. The number of benzene rings is 2. The summed E-state index contributed by atoms with van der Waals surface area (Å²) in [5.41, 5.74) is 8.38. The Morgan fingerprint density at radius 3 is 2.59 bits per heavy atom. The summed E-state index contributed by atoms with van der Waals surface area (Å²) >= 11 is 0. The standard InChI is InChI=1S/C19H19F3N4O2.HI/c20-19(21,22)28-14-7-5-12(6-8-14)10-24-18(23)25-11-13-9-17(27)26-16-4-2-1-3-15(13)16;/h1-8,13H,9-11H2,(H,26,27)(H3,23,24,25);1H. The molecule has 0 radical (unpaired) electrons. The van der Waals surface area contributed by atoms with Crippen LogP contribution in [0.25, 0.3) is 0 Å². The molecule has 156 valence electrons. The molecule has 1 heterocycles. The number of halogens is 4. The molecule has 1 atom stereocenters. The van der Waals surface area contributed by atoms with Gasteiger partial charge in [-0.25, -0.2) is 4.99 Å². The molecule has 0 saturated carbocycles. The number of ether oxygens (including phenoxy) is 1. The summed E-state index contributed by atoms with van der Waals surface area (Å²) in [6, 6.07) is 13.0. The zero-order chi connectivity index (χ0) is 20.1. The minimum absolute atomic E-state index is 0. The van der Waals surface area contributed by atoms with Gasteiger partial charge in [0.1, 0.15) is 5.75 Å². The van der Waals surface area contributed by atoms with Crippen LogP contribution >= 0.6 is 24.0 Å². The predicted octanol–water partition coefficient (Wildman–Crippen LogP) is 3.73. The van der Waals surface area contributed by atoms with E-state index in [4.69, 9.17) is 5.73 Å². The molecule has 0 bridgehead atoms. The quantitative estimate of drug-likeness (QED) is 0.319. The van der Waals surface area contributed by atoms with Crippen LogP contribution in [0.3, 0.4) is 0 Å². The Morgan fingerprint density at radius 2 is 1.90 bits per heavy atom.